The van der Waals surface area contributed by atoms with Crippen LogP contribution in [0.1, 0.15) is 57.4 Å². The minimum absolute atomic E-state index is 0.0771. The van der Waals surface area contributed by atoms with E-state index in [1.807, 2.05) is 24.3 Å². The number of carbonyl (C=O) groups is 3. The standard InChI is InChI=1S/C29H39N7O5S/c1-6-7-13-40-27(38)30-15-19-11-12-36(17-19)22-10-8-9-20(14-22)25-33-23(24(37)32-21-16-31-35(5)18-21)26(42-25)34-28(39)41-29(2,3)4/h8-10,14,16,18-19H,6-7,11-13,15,17H2,1-5H3,(H,30,38)(H,32,37)(H,34,39). The molecule has 1 aromatic carbocycles. The number of nitrogens with zero attached hydrogens (tertiary/aromatic N) is 4. The van der Waals surface area contributed by atoms with Gasteiger partial charge in [0.05, 0.1) is 18.5 Å². The van der Waals surface area contributed by atoms with Gasteiger partial charge in [0, 0.05) is 44.1 Å². The predicted molar refractivity (Wildman–Crippen MR) is 163 cm³/mol. The summed E-state index contributed by atoms with van der Waals surface area (Å²) in [6.07, 6.45) is 4.94. The second-order valence-electron chi connectivity index (χ2n) is 11.2. The van der Waals surface area contributed by atoms with Gasteiger partial charge in [0.25, 0.3) is 5.91 Å². The predicted octanol–water partition coefficient (Wildman–Crippen LogP) is 5.50. The normalized spacial score (nSPS) is 14.9. The maximum Gasteiger partial charge on any atom is 0.412 e. The smallest absolute Gasteiger partial charge is 0.412 e. The van der Waals surface area contributed by atoms with Crippen molar-refractivity contribution < 1.29 is 23.9 Å². The average Bonchev–Trinajstić information content (AvgIpc) is 3.67. The van der Waals surface area contributed by atoms with Gasteiger partial charge >= 0.3 is 12.2 Å². The minimum Gasteiger partial charge on any atom is -0.450 e. The molecule has 3 aromatic rings. The van der Waals surface area contributed by atoms with Crippen molar-refractivity contribution >= 4 is 45.8 Å². The van der Waals surface area contributed by atoms with E-state index in [0.717, 1.165) is 43.6 Å². The number of aromatic nitrogens is 3. The molecule has 1 aliphatic heterocycles. The number of amides is 3. The lowest BCUT2D eigenvalue weighted by atomic mass is 10.1. The molecule has 0 spiro atoms. The van der Waals surface area contributed by atoms with Crippen LogP contribution in [-0.4, -0.2) is 64.7 Å². The summed E-state index contributed by atoms with van der Waals surface area (Å²) in [5.74, 6) is -0.171. The number of hydrogen-bond donors (Lipinski definition) is 3. The Kier molecular flexibility index (Phi) is 10.0. The fourth-order valence-electron chi connectivity index (χ4n) is 4.41. The molecule has 0 aliphatic carbocycles. The molecule has 0 saturated carbocycles. The lowest BCUT2D eigenvalue weighted by Crippen LogP contribution is -2.31. The summed E-state index contributed by atoms with van der Waals surface area (Å²) in [5, 5.41) is 13.3. The van der Waals surface area contributed by atoms with Gasteiger partial charge in [0.15, 0.2) is 5.69 Å². The Morgan fingerprint density at radius 2 is 1.98 bits per heavy atom. The van der Waals surface area contributed by atoms with Gasteiger partial charge in [-0.25, -0.2) is 14.6 Å². The van der Waals surface area contributed by atoms with Crippen LogP contribution in [0.4, 0.5) is 26.0 Å². The molecule has 0 bridgehead atoms. The number of unbranched alkanes of at least 4 members (excludes halogenated alkanes) is 1. The number of benzene rings is 1. The summed E-state index contributed by atoms with van der Waals surface area (Å²) in [6, 6.07) is 7.92. The van der Waals surface area contributed by atoms with Crippen LogP contribution >= 0.6 is 11.3 Å². The minimum atomic E-state index is -0.706. The van der Waals surface area contributed by atoms with Gasteiger partial charge in [0.2, 0.25) is 0 Å². The zero-order valence-electron chi connectivity index (χ0n) is 24.7. The van der Waals surface area contributed by atoms with Crippen molar-refractivity contribution in [1.29, 1.82) is 0 Å². The topological polar surface area (TPSA) is 140 Å². The summed E-state index contributed by atoms with van der Waals surface area (Å²) in [4.78, 5) is 44.6. The Labute approximate surface area is 249 Å². The molecule has 12 nitrogen and oxygen atoms in total. The average molecular weight is 598 g/mol. The highest BCUT2D eigenvalue weighted by molar-refractivity contribution is 7.19. The molecule has 42 heavy (non-hydrogen) atoms. The molecular formula is C29H39N7O5S. The van der Waals surface area contributed by atoms with Crippen LogP contribution in [0.25, 0.3) is 10.6 Å². The van der Waals surface area contributed by atoms with Crippen LogP contribution in [0.3, 0.4) is 0 Å². The monoisotopic (exact) mass is 597 g/mol. The van der Waals surface area contributed by atoms with E-state index in [1.165, 1.54) is 17.5 Å². The zero-order valence-corrected chi connectivity index (χ0v) is 25.5. The molecule has 1 saturated heterocycles. The van der Waals surface area contributed by atoms with Gasteiger partial charge < -0.3 is 25.0 Å². The Balaban J connectivity index is 1.48. The molecule has 13 heteroatoms. The van der Waals surface area contributed by atoms with Gasteiger partial charge in [-0.05, 0) is 51.7 Å². The molecule has 1 fully saturated rings. The Morgan fingerprint density at radius 1 is 1.17 bits per heavy atom. The molecule has 2 aromatic heterocycles. The molecule has 1 aliphatic rings. The van der Waals surface area contributed by atoms with E-state index in [9.17, 15) is 14.4 Å². The maximum absolute atomic E-state index is 13.2. The number of aryl methyl sites for hydroxylation is 1. The summed E-state index contributed by atoms with van der Waals surface area (Å²) >= 11 is 1.20. The quantitative estimate of drug-likeness (QED) is 0.261. The molecule has 226 valence electrons. The van der Waals surface area contributed by atoms with Gasteiger partial charge in [-0.15, -0.1) is 0 Å². The van der Waals surface area contributed by atoms with Crippen molar-refractivity contribution in [1.82, 2.24) is 20.1 Å². The molecule has 1 unspecified atom stereocenters. The SMILES string of the molecule is CCCCOC(=O)NCC1CCN(c2cccc(-c3nc(C(=O)Nc4cnn(C)c4)c(NC(=O)OC(C)(C)C)s3)c2)C1. The van der Waals surface area contributed by atoms with E-state index in [1.54, 1.807) is 38.7 Å². The first-order valence-corrected chi connectivity index (χ1v) is 14.9. The molecular weight excluding hydrogens is 558 g/mol. The molecule has 1 atom stereocenters. The number of ether oxygens (including phenoxy) is 2. The molecule has 3 amide bonds. The molecule has 3 heterocycles. The van der Waals surface area contributed by atoms with E-state index in [2.05, 4.69) is 37.9 Å². The Bertz CT molecular complexity index is 1400. The number of hydrogen-bond acceptors (Lipinski definition) is 9. The zero-order chi connectivity index (χ0) is 30.3. The first-order chi connectivity index (χ1) is 20.0. The molecule has 3 N–H and O–H groups in total. The van der Waals surface area contributed by atoms with E-state index in [-0.39, 0.29) is 16.8 Å². The number of nitrogens with one attached hydrogen (secondary N) is 3. The van der Waals surface area contributed by atoms with E-state index in [0.29, 0.717) is 29.8 Å². The molecule has 0 radical (unpaired) electrons. The van der Waals surface area contributed by atoms with Crippen LogP contribution in [-0.2, 0) is 16.5 Å². The first kappa shape index (κ1) is 30.8. The van der Waals surface area contributed by atoms with Crippen LogP contribution < -0.4 is 20.9 Å². The summed E-state index contributed by atoms with van der Waals surface area (Å²) < 4.78 is 12.2. The molecule has 4 rings (SSSR count). The number of rotatable bonds is 10. The van der Waals surface area contributed by atoms with Gasteiger partial charge in [0.1, 0.15) is 15.6 Å². The Morgan fingerprint density at radius 3 is 2.69 bits per heavy atom. The van der Waals surface area contributed by atoms with Crippen molar-refractivity contribution in [3.63, 3.8) is 0 Å². The number of anilines is 3. The van der Waals surface area contributed by atoms with Gasteiger partial charge in [-0.2, -0.15) is 5.10 Å². The van der Waals surface area contributed by atoms with Crippen molar-refractivity contribution in [2.45, 2.75) is 52.6 Å². The summed E-state index contributed by atoms with van der Waals surface area (Å²) in [7, 11) is 1.75. The highest BCUT2D eigenvalue weighted by Crippen LogP contribution is 2.35. The van der Waals surface area contributed by atoms with Gasteiger partial charge in [-0.3, -0.25) is 14.8 Å². The van der Waals surface area contributed by atoms with Crippen LogP contribution in [0.15, 0.2) is 36.7 Å². The Hall–Kier alpha value is -4.13. The van der Waals surface area contributed by atoms with Crippen molar-refractivity contribution in [3.8, 4) is 10.6 Å². The van der Waals surface area contributed by atoms with Crippen molar-refractivity contribution in [2.24, 2.45) is 13.0 Å². The first-order valence-electron chi connectivity index (χ1n) is 14.1. The lowest BCUT2D eigenvalue weighted by Gasteiger charge is -2.19. The summed E-state index contributed by atoms with van der Waals surface area (Å²) in [5.41, 5.74) is 1.70. The van der Waals surface area contributed by atoms with E-state index < -0.39 is 17.6 Å². The van der Waals surface area contributed by atoms with Crippen molar-refractivity contribution in [3.05, 3.63) is 42.4 Å². The highest BCUT2D eigenvalue weighted by Gasteiger charge is 2.26. The van der Waals surface area contributed by atoms with Crippen LogP contribution in [0, 0.1) is 5.92 Å². The number of thiazole rings is 1. The van der Waals surface area contributed by atoms with E-state index >= 15 is 0 Å². The summed E-state index contributed by atoms with van der Waals surface area (Å²) in [6.45, 7) is 9.99. The third-order valence-corrected chi connectivity index (χ3v) is 7.45. The van der Waals surface area contributed by atoms with Crippen LogP contribution in [0.2, 0.25) is 0 Å². The highest BCUT2D eigenvalue weighted by atomic mass is 32.1. The lowest BCUT2D eigenvalue weighted by molar-refractivity contribution is 0.0636. The van der Waals surface area contributed by atoms with Crippen molar-refractivity contribution in [2.75, 3.05) is 41.8 Å². The third kappa shape index (κ3) is 8.68. The number of carbonyl (C=O) groups excluding carboxylic acids is 3. The largest absolute Gasteiger partial charge is 0.450 e. The maximum atomic E-state index is 13.2. The number of alkyl carbamates (subject to hydrolysis) is 1. The second-order valence-corrected chi connectivity index (χ2v) is 12.2. The third-order valence-electron chi connectivity index (χ3n) is 6.43. The fraction of sp³-hybridized carbons (Fsp3) is 0.483. The van der Waals surface area contributed by atoms with E-state index in [4.69, 9.17) is 9.47 Å². The fourth-order valence-corrected chi connectivity index (χ4v) is 5.36. The van der Waals surface area contributed by atoms with Gasteiger partial charge in [-0.1, -0.05) is 36.8 Å². The second kappa shape index (κ2) is 13.7. The van der Waals surface area contributed by atoms with Crippen LogP contribution in [0.5, 0.6) is 0 Å².